The first kappa shape index (κ1) is 10.7. The standard InChI is InChI=1S/C10H12BrNO3/c1-6-7(5-12-13)10-9(4-8(6)11)14-2-3-15-10/h4,12-13H,2-3,5H2,1H3. The summed E-state index contributed by atoms with van der Waals surface area (Å²) in [6.45, 7) is 3.42. The number of hydrogen-bond acceptors (Lipinski definition) is 4. The van der Waals surface area contributed by atoms with Gasteiger partial charge in [-0.3, -0.25) is 0 Å². The van der Waals surface area contributed by atoms with Crippen LogP contribution in [0.3, 0.4) is 0 Å². The van der Waals surface area contributed by atoms with Gasteiger partial charge in [-0.1, -0.05) is 15.9 Å². The molecule has 15 heavy (non-hydrogen) atoms. The lowest BCUT2D eigenvalue weighted by atomic mass is 10.1. The van der Waals surface area contributed by atoms with Crippen molar-refractivity contribution in [3.05, 3.63) is 21.7 Å². The van der Waals surface area contributed by atoms with E-state index >= 15 is 0 Å². The molecule has 5 heteroatoms. The van der Waals surface area contributed by atoms with Crippen molar-refractivity contribution in [2.75, 3.05) is 13.2 Å². The van der Waals surface area contributed by atoms with Crippen LogP contribution in [-0.2, 0) is 6.54 Å². The van der Waals surface area contributed by atoms with Gasteiger partial charge >= 0.3 is 0 Å². The Hall–Kier alpha value is -0.780. The summed E-state index contributed by atoms with van der Waals surface area (Å²) in [5, 5.41) is 8.77. The first-order valence-electron chi connectivity index (χ1n) is 4.68. The fourth-order valence-corrected chi connectivity index (χ4v) is 2.05. The van der Waals surface area contributed by atoms with Crippen LogP contribution in [0, 0.1) is 6.92 Å². The third-order valence-corrected chi connectivity index (χ3v) is 3.23. The Balaban J connectivity index is 2.52. The number of benzene rings is 1. The summed E-state index contributed by atoms with van der Waals surface area (Å²) >= 11 is 3.45. The number of hydroxylamine groups is 1. The molecule has 0 aliphatic carbocycles. The molecule has 0 fully saturated rings. The van der Waals surface area contributed by atoms with E-state index in [2.05, 4.69) is 21.4 Å². The summed E-state index contributed by atoms with van der Waals surface area (Å²) in [5.41, 5.74) is 4.11. The monoisotopic (exact) mass is 273 g/mol. The number of halogens is 1. The van der Waals surface area contributed by atoms with Gasteiger partial charge < -0.3 is 14.7 Å². The van der Waals surface area contributed by atoms with Gasteiger partial charge in [-0.05, 0) is 18.6 Å². The number of nitrogens with one attached hydrogen (secondary N) is 1. The molecule has 1 aromatic rings. The first-order valence-corrected chi connectivity index (χ1v) is 5.48. The van der Waals surface area contributed by atoms with Crippen LogP contribution in [0.4, 0.5) is 0 Å². The van der Waals surface area contributed by atoms with E-state index in [1.165, 1.54) is 0 Å². The van der Waals surface area contributed by atoms with Gasteiger partial charge in [0.05, 0.1) is 0 Å². The third kappa shape index (κ3) is 1.95. The summed E-state index contributed by atoms with van der Waals surface area (Å²) in [4.78, 5) is 0. The molecule has 1 aliphatic rings. The number of fused-ring (bicyclic) bond motifs is 1. The molecule has 0 radical (unpaired) electrons. The van der Waals surface area contributed by atoms with Gasteiger partial charge in [-0.2, -0.15) is 0 Å². The Kier molecular flexibility index (Phi) is 3.14. The maximum Gasteiger partial charge on any atom is 0.166 e. The van der Waals surface area contributed by atoms with Crippen LogP contribution < -0.4 is 15.0 Å². The Morgan fingerprint density at radius 3 is 2.93 bits per heavy atom. The first-order chi connectivity index (χ1) is 7.24. The lowest BCUT2D eigenvalue weighted by molar-refractivity contribution is 0.150. The van der Waals surface area contributed by atoms with Crippen molar-refractivity contribution in [2.45, 2.75) is 13.5 Å². The molecule has 0 atom stereocenters. The van der Waals surface area contributed by atoms with Gasteiger partial charge in [0.25, 0.3) is 0 Å². The molecule has 0 saturated carbocycles. The molecular weight excluding hydrogens is 262 g/mol. The summed E-state index contributed by atoms with van der Waals surface area (Å²) in [7, 11) is 0. The highest BCUT2D eigenvalue weighted by atomic mass is 79.9. The highest BCUT2D eigenvalue weighted by molar-refractivity contribution is 9.10. The molecule has 0 spiro atoms. The second-order valence-electron chi connectivity index (χ2n) is 3.32. The average molecular weight is 274 g/mol. The van der Waals surface area contributed by atoms with Gasteiger partial charge in [-0.15, -0.1) is 0 Å². The van der Waals surface area contributed by atoms with Crippen molar-refractivity contribution in [2.24, 2.45) is 0 Å². The van der Waals surface area contributed by atoms with Crippen molar-refractivity contribution in [1.82, 2.24) is 5.48 Å². The molecule has 2 N–H and O–H groups in total. The van der Waals surface area contributed by atoms with E-state index in [-0.39, 0.29) is 0 Å². The zero-order valence-electron chi connectivity index (χ0n) is 8.34. The molecule has 1 heterocycles. The van der Waals surface area contributed by atoms with E-state index in [0.717, 1.165) is 27.1 Å². The van der Waals surface area contributed by atoms with Crippen molar-refractivity contribution < 1.29 is 14.7 Å². The van der Waals surface area contributed by atoms with E-state index in [1.807, 2.05) is 13.0 Å². The number of hydrogen-bond donors (Lipinski definition) is 2. The minimum absolute atomic E-state index is 0.344. The third-order valence-electron chi connectivity index (χ3n) is 2.41. The Bertz CT molecular complexity index is 381. The minimum Gasteiger partial charge on any atom is -0.486 e. The molecule has 0 aromatic heterocycles. The molecular formula is C10H12BrNO3. The van der Waals surface area contributed by atoms with E-state index in [0.29, 0.717) is 19.8 Å². The van der Waals surface area contributed by atoms with Crippen LogP contribution in [0.5, 0.6) is 11.5 Å². The van der Waals surface area contributed by atoms with Crippen LogP contribution in [-0.4, -0.2) is 18.4 Å². The molecule has 2 rings (SSSR count). The molecule has 0 saturated heterocycles. The molecule has 0 amide bonds. The normalized spacial score (nSPS) is 14.1. The molecule has 1 aromatic carbocycles. The summed E-state index contributed by atoms with van der Waals surface area (Å²) < 4.78 is 12.0. The zero-order valence-corrected chi connectivity index (χ0v) is 9.93. The topological polar surface area (TPSA) is 50.7 Å². The smallest absolute Gasteiger partial charge is 0.166 e. The lowest BCUT2D eigenvalue weighted by Gasteiger charge is -2.23. The van der Waals surface area contributed by atoms with Crippen molar-refractivity contribution in [3.8, 4) is 11.5 Å². The minimum atomic E-state index is 0.344. The molecule has 82 valence electrons. The van der Waals surface area contributed by atoms with Crippen molar-refractivity contribution in [3.63, 3.8) is 0 Å². The maximum atomic E-state index is 8.77. The van der Waals surface area contributed by atoms with Crippen molar-refractivity contribution in [1.29, 1.82) is 0 Å². The van der Waals surface area contributed by atoms with Crippen LogP contribution in [0.25, 0.3) is 0 Å². The second kappa shape index (κ2) is 4.38. The summed E-state index contributed by atoms with van der Waals surface area (Å²) in [6, 6.07) is 1.89. The average Bonchev–Trinajstić information content (AvgIpc) is 2.25. The maximum absolute atomic E-state index is 8.77. The van der Waals surface area contributed by atoms with Crippen LogP contribution in [0.15, 0.2) is 10.5 Å². The number of rotatable bonds is 2. The molecule has 0 bridgehead atoms. The summed E-state index contributed by atoms with van der Waals surface area (Å²) in [5.74, 6) is 1.45. The summed E-state index contributed by atoms with van der Waals surface area (Å²) in [6.07, 6.45) is 0. The lowest BCUT2D eigenvalue weighted by Crippen LogP contribution is -2.19. The Morgan fingerprint density at radius 1 is 1.47 bits per heavy atom. The van der Waals surface area contributed by atoms with Crippen LogP contribution in [0.1, 0.15) is 11.1 Å². The highest BCUT2D eigenvalue weighted by Crippen LogP contribution is 2.39. The van der Waals surface area contributed by atoms with Gasteiger partial charge in [0.2, 0.25) is 0 Å². The molecule has 0 unspecified atom stereocenters. The van der Waals surface area contributed by atoms with Crippen LogP contribution >= 0.6 is 15.9 Å². The zero-order chi connectivity index (χ0) is 10.8. The molecule has 1 aliphatic heterocycles. The van der Waals surface area contributed by atoms with Gasteiger partial charge in [0.1, 0.15) is 13.2 Å². The van der Waals surface area contributed by atoms with E-state index in [4.69, 9.17) is 14.7 Å². The largest absolute Gasteiger partial charge is 0.486 e. The second-order valence-corrected chi connectivity index (χ2v) is 4.18. The SMILES string of the molecule is Cc1c(Br)cc2c(c1CNO)OCCO2. The van der Waals surface area contributed by atoms with Gasteiger partial charge in [-0.25, -0.2) is 5.48 Å². The quantitative estimate of drug-likeness (QED) is 0.810. The fourth-order valence-electron chi connectivity index (χ4n) is 1.60. The van der Waals surface area contributed by atoms with Gasteiger partial charge in [0.15, 0.2) is 11.5 Å². The Labute approximate surface area is 96.3 Å². The van der Waals surface area contributed by atoms with E-state index in [1.54, 1.807) is 0 Å². The highest BCUT2D eigenvalue weighted by Gasteiger charge is 2.19. The predicted octanol–water partition coefficient (Wildman–Crippen LogP) is 2.01. The fraction of sp³-hybridized carbons (Fsp3) is 0.400. The van der Waals surface area contributed by atoms with E-state index in [9.17, 15) is 0 Å². The van der Waals surface area contributed by atoms with Crippen LogP contribution in [0.2, 0.25) is 0 Å². The Morgan fingerprint density at radius 2 is 2.20 bits per heavy atom. The van der Waals surface area contributed by atoms with E-state index < -0.39 is 0 Å². The molecule has 4 nitrogen and oxygen atoms in total. The van der Waals surface area contributed by atoms with Crippen molar-refractivity contribution >= 4 is 15.9 Å². The predicted molar refractivity (Wildman–Crippen MR) is 58.5 cm³/mol. The van der Waals surface area contributed by atoms with Gasteiger partial charge in [0, 0.05) is 16.6 Å². The number of ether oxygens (including phenoxy) is 2.